The third-order valence-corrected chi connectivity index (χ3v) is 6.29. The van der Waals surface area contributed by atoms with E-state index in [1.54, 1.807) is 0 Å². The molecule has 0 saturated carbocycles. The fourth-order valence-corrected chi connectivity index (χ4v) is 4.35. The molecule has 0 radical (unpaired) electrons. The molecule has 3 rings (SSSR count). The summed E-state index contributed by atoms with van der Waals surface area (Å²) < 4.78 is 0. The normalized spacial score (nSPS) is 11.3. The van der Waals surface area contributed by atoms with E-state index in [9.17, 15) is 0 Å². The molecule has 102 valence electrons. The summed E-state index contributed by atoms with van der Waals surface area (Å²) in [5.74, 6) is 0. The highest BCUT2D eigenvalue weighted by Crippen LogP contribution is 2.15. The molecule has 0 aliphatic rings. The van der Waals surface area contributed by atoms with Gasteiger partial charge in [0.1, 0.15) is 70.6 Å². The molecule has 3 aromatic rings. The summed E-state index contributed by atoms with van der Waals surface area (Å²) >= 11 is 0. The molecule has 9 heteroatoms. The Morgan fingerprint density at radius 2 is 0.739 bits per heavy atom. The first-order valence-electron chi connectivity index (χ1n) is 8.58. The molecule has 0 spiro atoms. The predicted octanol–water partition coefficient (Wildman–Crippen LogP) is -11.7. The molecule has 0 N–H and O–H groups in total. The van der Waals surface area contributed by atoms with Crippen LogP contribution in [-0.4, -0.2) is 70.6 Å². The van der Waals surface area contributed by atoms with Gasteiger partial charge in [-0.25, -0.2) is 0 Å². The topological polar surface area (TPSA) is 0 Å². The van der Waals surface area contributed by atoms with Crippen molar-refractivity contribution in [1.82, 2.24) is 0 Å². The number of hydrogen-bond acceptors (Lipinski definition) is 0. The Kier molecular flexibility index (Phi) is 3.90. The van der Waals surface area contributed by atoms with Gasteiger partial charge in [0.25, 0.3) is 0 Å². The second kappa shape index (κ2) is 5.40. The number of benzene rings is 3. The van der Waals surface area contributed by atoms with Crippen molar-refractivity contribution in [2.24, 2.45) is 0 Å². The van der Waals surface area contributed by atoms with Crippen LogP contribution in [0.5, 0.6) is 0 Å². The highest BCUT2D eigenvalue weighted by molar-refractivity contribution is 6.73. The quantitative estimate of drug-likeness (QED) is 0.284. The van der Waals surface area contributed by atoms with Crippen LogP contribution in [0.4, 0.5) is 0 Å². The minimum atomic E-state index is 1.40. The minimum absolute atomic E-state index is 1.40. The van der Waals surface area contributed by atoms with Crippen molar-refractivity contribution in [2.45, 2.75) is 0 Å². The van der Waals surface area contributed by atoms with Gasteiger partial charge in [0, 0.05) is 0 Å². The van der Waals surface area contributed by atoms with E-state index >= 15 is 0 Å². The molecule has 0 aromatic heterocycles. The Morgan fingerprint density at radius 3 is 1.26 bits per heavy atom. The molecule has 0 aliphatic heterocycles. The average Bonchev–Trinajstić information content (AvgIpc) is 2.50. The Balaban J connectivity index is 2.84. The first kappa shape index (κ1) is 16.6. The third-order valence-electron chi connectivity index (χ3n) is 6.29. The van der Waals surface area contributed by atoms with E-state index in [4.69, 9.17) is 0 Å². The van der Waals surface area contributed by atoms with Crippen molar-refractivity contribution >= 4 is 141 Å². The molecule has 0 aliphatic carbocycles. The number of fused-ring (bicyclic) bond motifs is 3. The standard InChI is InChI=1S/C14H19B9/c15-2-1-3(16)8(17)6-4(2)5-7(11(20)10(6)19)12(21)14(23)13(22)9(5)18/h1H,15-23H2. The summed E-state index contributed by atoms with van der Waals surface area (Å²) in [6, 6.07) is 2.36. The van der Waals surface area contributed by atoms with Crippen LogP contribution < -0.4 is 49.2 Å². The van der Waals surface area contributed by atoms with Gasteiger partial charge in [-0.2, -0.15) is 0 Å². The smallest absolute Gasteiger partial charge is 0.101 e. The number of hydrogen-bond donors (Lipinski definition) is 0. The van der Waals surface area contributed by atoms with Crippen molar-refractivity contribution in [2.75, 3.05) is 0 Å². The van der Waals surface area contributed by atoms with Gasteiger partial charge in [-0.05, 0) is 21.5 Å². The SMILES string of the molecule is Bc1cc(B)c2c(c1B)c(B)c(B)c1c(B)c(B)c(B)c(B)c12. The molecule has 0 nitrogen and oxygen atoms in total. The van der Waals surface area contributed by atoms with Crippen molar-refractivity contribution in [3.05, 3.63) is 6.07 Å². The van der Waals surface area contributed by atoms with Gasteiger partial charge in [0.15, 0.2) is 0 Å². The molecule has 0 unspecified atom stereocenters. The van der Waals surface area contributed by atoms with Gasteiger partial charge in [-0.15, -0.1) is 10.9 Å². The van der Waals surface area contributed by atoms with Gasteiger partial charge < -0.3 is 0 Å². The molecule has 0 heterocycles. The summed E-state index contributed by atoms with van der Waals surface area (Å²) in [5.41, 5.74) is 12.9. The highest BCUT2D eigenvalue weighted by atomic mass is 14.1. The van der Waals surface area contributed by atoms with Gasteiger partial charge >= 0.3 is 0 Å². The number of rotatable bonds is 0. The lowest BCUT2D eigenvalue weighted by molar-refractivity contribution is 2.02. The second-order valence-corrected chi connectivity index (χ2v) is 7.39. The summed E-state index contributed by atoms with van der Waals surface area (Å²) in [6.45, 7) is 0. The Morgan fingerprint density at radius 1 is 0.348 bits per heavy atom. The fraction of sp³-hybridized carbons (Fsp3) is 0. The Bertz CT molecular complexity index is 1010. The van der Waals surface area contributed by atoms with Crippen LogP contribution in [0.1, 0.15) is 0 Å². The summed E-state index contributed by atoms with van der Waals surface area (Å²) in [6.07, 6.45) is 0. The van der Waals surface area contributed by atoms with Gasteiger partial charge in [0.2, 0.25) is 0 Å². The zero-order chi connectivity index (χ0) is 17.2. The molecular formula is C14H19B9. The molecule has 0 amide bonds. The molecular weight excluding hydrogens is 265 g/mol. The van der Waals surface area contributed by atoms with Crippen LogP contribution in [-0.2, 0) is 0 Å². The van der Waals surface area contributed by atoms with E-state index < -0.39 is 0 Å². The lowest BCUT2D eigenvalue weighted by Gasteiger charge is -2.24. The van der Waals surface area contributed by atoms with Crippen molar-refractivity contribution in [3.63, 3.8) is 0 Å². The van der Waals surface area contributed by atoms with Crippen LogP contribution in [0.3, 0.4) is 0 Å². The van der Waals surface area contributed by atoms with Crippen LogP contribution >= 0.6 is 0 Å². The first-order chi connectivity index (χ1) is 10.7. The monoisotopic (exact) mass is 286 g/mol. The third kappa shape index (κ3) is 2.12. The average molecular weight is 285 g/mol. The molecule has 0 fully saturated rings. The molecule has 0 saturated heterocycles. The van der Waals surface area contributed by atoms with Crippen LogP contribution in [0, 0.1) is 0 Å². The van der Waals surface area contributed by atoms with Crippen molar-refractivity contribution in [3.8, 4) is 0 Å². The molecule has 23 heavy (non-hydrogen) atoms. The van der Waals surface area contributed by atoms with E-state index in [-0.39, 0.29) is 0 Å². The summed E-state index contributed by atoms with van der Waals surface area (Å²) in [5, 5.41) is 5.89. The van der Waals surface area contributed by atoms with E-state index in [1.807, 2.05) is 0 Å². The van der Waals surface area contributed by atoms with Crippen LogP contribution in [0.15, 0.2) is 6.07 Å². The maximum atomic E-state index is 2.36. The largest absolute Gasteiger partial charge is 0.140 e. The maximum absolute atomic E-state index is 2.36. The van der Waals surface area contributed by atoms with Crippen molar-refractivity contribution in [1.29, 1.82) is 0 Å². The lowest BCUT2D eigenvalue weighted by Crippen LogP contribution is -2.51. The molecule has 0 atom stereocenters. The maximum Gasteiger partial charge on any atom is 0.140 e. The molecule has 0 bridgehead atoms. The lowest BCUT2D eigenvalue weighted by atomic mass is 9.59. The predicted molar refractivity (Wildman–Crippen MR) is 135 cm³/mol. The van der Waals surface area contributed by atoms with E-state index in [0.717, 1.165) is 0 Å². The van der Waals surface area contributed by atoms with Crippen molar-refractivity contribution < 1.29 is 0 Å². The van der Waals surface area contributed by atoms with E-state index in [2.05, 4.69) is 76.7 Å². The van der Waals surface area contributed by atoms with Gasteiger partial charge in [0.05, 0.1) is 0 Å². The fourth-order valence-electron chi connectivity index (χ4n) is 4.35. The zero-order valence-corrected chi connectivity index (χ0v) is 16.1. The van der Waals surface area contributed by atoms with E-state index in [0.29, 0.717) is 0 Å². The van der Waals surface area contributed by atoms with E-state index in [1.165, 1.54) is 70.7 Å². The highest BCUT2D eigenvalue weighted by Gasteiger charge is 2.18. The summed E-state index contributed by atoms with van der Waals surface area (Å²) in [4.78, 5) is 0. The minimum Gasteiger partial charge on any atom is -0.101 e. The van der Waals surface area contributed by atoms with Gasteiger partial charge in [-0.1, -0.05) is 44.3 Å². The summed E-state index contributed by atoms with van der Waals surface area (Å²) in [7, 11) is 20.5. The van der Waals surface area contributed by atoms with Crippen LogP contribution in [0.2, 0.25) is 0 Å². The van der Waals surface area contributed by atoms with Gasteiger partial charge in [-0.3, -0.25) is 0 Å². The second-order valence-electron chi connectivity index (χ2n) is 7.39. The zero-order valence-electron chi connectivity index (χ0n) is 16.1. The Labute approximate surface area is 147 Å². The van der Waals surface area contributed by atoms with Crippen LogP contribution in [0.25, 0.3) is 21.5 Å². The molecule has 3 aromatic carbocycles. The first-order valence-corrected chi connectivity index (χ1v) is 8.58. The Hall–Kier alpha value is -1.24.